The highest BCUT2D eigenvalue weighted by atomic mass is 32.2. The van der Waals surface area contributed by atoms with Gasteiger partial charge in [0.25, 0.3) is 0 Å². The lowest BCUT2D eigenvalue weighted by molar-refractivity contribution is -0.0500. The van der Waals surface area contributed by atoms with Gasteiger partial charge in [0.15, 0.2) is 9.84 Å². The highest BCUT2D eigenvalue weighted by Gasteiger charge is 2.35. The maximum Gasteiger partial charge on any atom is 0.180 e. The van der Waals surface area contributed by atoms with Crippen molar-refractivity contribution in [3.63, 3.8) is 0 Å². The molecule has 1 aromatic carbocycles. The van der Waals surface area contributed by atoms with E-state index < -0.39 is 9.84 Å². The van der Waals surface area contributed by atoms with E-state index in [1.54, 1.807) is 26.0 Å². The minimum Gasteiger partial charge on any atom is -0.379 e. The maximum atomic E-state index is 12.0. The third-order valence-electron chi connectivity index (χ3n) is 3.34. The molecule has 0 amide bonds. The zero-order valence-corrected chi connectivity index (χ0v) is 11.3. The molecule has 0 unspecified atom stereocenters. The predicted octanol–water partition coefficient (Wildman–Crippen LogP) is 2.16. The Morgan fingerprint density at radius 3 is 2.06 bits per heavy atom. The van der Waals surface area contributed by atoms with Crippen molar-refractivity contribution in [1.82, 2.24) is 0 Å². The highest BCUT2D eigenvalue weighted by Crippen LogP contribution is 2.32. The first kappa shape index (κ1) is 12.6. The zero-order chi connectivity index (χ0) is 12.7. The molecule has 0 radical (unpaired) electrons. The predicted molar refractivity (Wildman–Crippen MR) is 66.9 cm³/mol. The molecule has 1 heterocycles. The maximum absolute atomic E-state index is 12.0. The van der Waals surface area contributed by atoms with E-state index >= 15 is 0 Å². The molecule has 1 aliphatic rings. The molecule has 3 nitrogen and oxygen atoms in total. The van der Waals surface area contributed by atoms with Crippen LogP contribution in [0.25, 0.3) is 0 Å². The second-order valence-corrected chi connectivity index (χ2v) is 7.68. The minimum absolute atomic E-state index is 0.0557. The van der Waals surface area contributed by atoms with E-state index in [1.165, 1.54) is 0 Å². The van der Waals surface area contributed by atoms with Gasteiger partial charge in [-0.05, 0) is 31.5 Å². The van der Waals surface area contributed by atoms with E-state index in [-0.39, 0.29) is 10.7 Å². The molecule has 0 spiro atoms. The van der Waals surface area contributed by atoms with Gasteiger partial charge in [0.2, 0.25) is 0 Å². The summed E-state index contributed by atoms with van der Waals surface area (Å²) < 4.78 is 29.1. The van der Waals surface area contributed by atoms with Gasteiger partial charge in [0, 0.05) is 5.41 Å². The molecule has 1 aliphatic heterocycles. The third-order valence-corrected chi connectivity index (χ3v) is 5.51. The molecule has 2 rings (SSSR count). The van der Waals surface area contributed by atoms with Crippen LogP contribution >= 0.6 is 0 Å². The Morgan fingerprint density at radius 2 is 1.71 bits per heavy atom. The van der Waals surface area contributed by atoms with Crippen molar-refractivity contribution in [3.05, 3.63) is 29.8 Å². The quantitative estimate of drug-likeness (QED) is 0.830. The number of ether oxygens (including phenoxy) is 1. The Hall–Kier alpha value is -0.870. The Kier molecular flexibility index (Phi) is 3.04. The fraction of sp³-hybridized carbons (Fsp3) is 0.538. The summed E-state index contributed by atoms with van der Waals surface area (Å²) in [5, 5.41) is -0.379. The Labute approximate surface area is 103 Å². The number of hydrogen-bond donors (Lipinski definition) is 0. The van der Waals surface area contributed by atoms with Gasteiger partial charge in [-0.2, -0.15) is 0 Å². The van der Waals surface area contributed by atoms with Gasteiger partial charge in [-0.3, -0.25) is 0 Å². The van der Waals surface area contributed by atoms with E-state index in [1.807, 2.05) is 12.1 Å². The summed E-state index contributed by atoms with van der Waals surface area (Å²) in [6, 6.07) is 7.21. The lowest BCUT2D eigenvalue weighted by Gasteiger charge is -2.38. The van der Waals surface area contributed by atoms with Crippen molar-refractivity contribution in [2.75, 3.05) is 13.2 Å². The molecule has 0 aliphatic carbocycles. The monoisotopic (exact) mass is 254 g/mol. The standard InChI is InChI=1S/C13H18O3S/c1-10(2)17(14,15)12-6-4-11(5-7-12)13(3)8-16-9-13/h4-7,10H,8-9H2,1-3H3. The molecule has 0 N–H and O–H groups in total. The van der Waals surface area contributed by atoms with Crippen molar-refractivity contribution < 1.29 is 13.2 Å². The van der Waals surface area contributed by atoms with Crippen molar-refractivity contribution >= 4 is 9.84 Å². The first-order chi connectivity index (χ1) is 7.86. The number of benzene rings is 1. The highest BCUT2D eigenvalue weighted by molar-refractivity contribution is 7.92. The van der Waals surface area contributed by atoms with Crippen molar-refractivity contribution in [2.24, 2.45) is 0 Å². The van der Waals surface area contributed by atoms with Crippen LogP contribution in [-0.2, 0) is 20.0 Å². The van der Waals surface area contributed by atoms with Gasteiger partial charge in [0.05, 0.1) is 23.4 Å². The topological polar surface area (TPSA) is 43.4 Å². The van der Waals surface area contributed by atoms with Crippen molar-refractivity contribution in [1.29, 1.82) is 0 Å². The summed E-state index contributed by atoms with van der Waals surface area (Å²) in [7, 11) is -3.16. The molecule has 1 fully saturated rings. The normalized spacial score (nSPS) is 19.1. The van der Waals surface area contributed by atoms with Crippen LogP contribution in [0.1, 0.15) is 26.3 Å². The van der Waals surface area contributed by atoms with Gasteiger partial charge in [-0.1, -0.05) is 19.1 Å². The van der Waals surface area contributed by atoms with Crippen LogP contribution in [0, 0.1) is 0 Å². The molecular weight excluding hydrogens is 236 g/mol. The Bertz CT molecular complexity index is 496. The number of rotatable bonds is 3. The molecule has 1 aromatic rings. The summed E-state index contributed by atoms with van der Waals surface area (Å²) in [6.07, 6.45) is 0. The third kappa shape index (κ3) is 2.11. The van der Waals surface area contributed by atoms with Crippen LogP contribution in [0.4, 0.5) is 0 Å². The smallest absolute Gasteiger partial charge is 0.180 e. The molecule has 0 atom stereocenters. The van der Waals surface area contributed by atoms with E-state index in [0.717, 1.165) is 5.56 Å². The molecule has 0 bridgehead atoms. The van der Waals surface area contributed by atoms with Crippen LogP contribution in [0.15, 0.2) is 29.2 Å². The van der Waals surface area contributed by atoms with Crippen molar-refractivity contribution in [3.8, 4) is 0 Å². The second-order valence-electron chi connectivity index (χ2n) is 5.17. The Morgan fingerprint density at radius 1 is 1.18 bits per heavy atom. The lowest BCUT2D eigenvalue weighted by atomic mass is 9.81. The van der Waals surface area contributed by atoms with Crippen LogP contribution in [0.5, 0.6) is 0 Å². The summed E-state index contributed by atoms with van der Waals surface area (Å²) in [6.45, 7) is 6.95. The zero-order valence-electron chi connectivity index (χ0n) is 10.4. The van der Waals surface area contributed by atoms with E-state index in [9.17, 15) is 8.42 Å². The van der Waals surface area contributed by atoms with Crippen LogP contribution in [-0.4, -0.2) is 26.9 Å². The fourth-order valence-electron chi connectivity index (χ4n) is 1.89. The van der Waals surface area contributed by atoms with Gasteiger partial charge >= 0.3 is 0 Å². The first-order valence-electron chi connectivity index (χ1n) is 5.78. The summed E-state index contributed by atoms with van der Waals surface area (Å²) in [5.74, 6) is 0. The summed E-state index contributed by atoms with van der Waals surface area (Å²) in [4.78, 5) is 0.403. The molecule has 4 heteroatoms. The number of hydrogen-bond acceptors (Lipinski definition) is 3. The summed E-state index contributed by atoms with van der Waals surface area (Å²) >= 11 is 0. The van der Waals surface area contributed by atoms with Gasteiger partial charge < -0.3 is 4.74 Å². The van der Waals surface area contributed by atoms with E-state index in [2.05, 4.69) is 6.92 Å². The average molecular weight is 254 g/mol. The second kappa shape index (κ2) is 4.10. The SMILES string of the molecule is CC(C)S(=O)(=O)c1ccc(C2(C)COC2)cc1. The van der Waals surface area contributed by atoms with Crippen LogP contribution in [0.2, 0.25) is 0 Å². The molecule has 94 valence electrons. The Balaban J connectivity index is 2.31. The summed E-state index contributed by atoms with van der Waals surface area (Å²) in [5.41, 5.74) is 1.20. The molecule has 17 heavy (non-hydrogen) atoms. The lowest BCUT2D eigenvalue weighted by Crippen LogP contribution is -2.43. The van der Waals surface area contributed by atoms with E-state index in [4.69, 9.17) is 4.74 Å². The van der Waals surface area contributed by atoms with Crippen LogP contribution in [0.3, 0.4) is 0 Å². The van der Waals surface area contributed by atoms with Gasteiger partial charge in [-0.15, -0.1) is 0 Å². The van der Waals surface area contributed by atoms with Crippen molar-refractivity contribution in [2.45, 2.75) is 36.3 Å². The molecular formula is C13H18O3S. The molecule has 1 saturated heterocycles. The van der Waals surface area contributed by atoms with Gasteiger partial charge in [0.1, 0.15) is 0 Å². The minimum atomic E-state index is -3.16. The average Bonchev–Trinajstić information content (AvgIpc) is 2.26. The van der Waals surface area contributed by atoms with E-state index in [0.29, 0.717) is 18.1 Å². The largest absolute Gasteiger partial charge is 0.379 e. The molecule has 0 saturated carbocycles. The fourth-order valence-corrected chi connectivity index (χ4v) is 2.95. The van der Waals surface area contributed by atoms with Crippen LogP contribution < -0.4 is 0 Å². The van der Waals surface area contributed by atoms with Gasteiger partial charge in [-0.25, -0.2) is 8.42 Å². The molecule has 0 aromatic heterocycles. The first-order valence-corrected chi connectivity index (χ1v) is 7.33. The number of sulfone groups is 1.